The van der Waals surface area contributed by atoms with E-state index in [1.54, 1.807) is 0 Å². The molecule has 2 rings (SSSR count). The summed E-state index contributed by atoms with van der Waals surface area (Å²) < 4.78 is 0. The summed E-state index contributed by atoms with van der Waals surface area (Å²) in [6.07, 6.45) is 3.92. The summed E-state index contributed by atoms with van der Waals surface area (Å²) in [7, 11) is 0. The van der Waals surface area contributed by atoms with Crippen LogP contribution in [-0.4, -0.2) is 20.7 Å². The molecule has 1 amide bonds. The van der Waals surface area contributed by atoms with E-state index >= 15 is 0 Å². The van der Waals surface area contributed by atoms with Gasteiger partial charge in [0.1, 0.15) is 6.20 Å². The number of nitro groups is 2. The van der Waals surface area contributed by atoms with Crippen molar-refractivity contribution in [3.05, 3.63) is 44.8 Å². The average molecular weight is 265 g/mol. The van der Waals surface area contributed by atoms with Crippen molar-refractivity contribution < 1.29 is 14.6 Å². The molecule has 0 atom stereocenters. The first-order chi connectivity index (χ1) is 8.99. The van der Waals surface area contributed by atoms with E-state index in [-0.39, 0.29) is 18.1 Å². The third-order valence-corrected chi connectivity index (χ3v) is 2.27. The molecule has 10 nitrogen and oxygen atoms in total. The molecule has 0 radical (unpaired) electrons. The molecule has 0 bridgehead atoms. The molecule has 1 aliphatic heterocycles. The number of amides is 1. The maximum absolute atomic E-state index is 11.2. The summed E-state index contributed by atoms with van der Waals surface area (Å²) in [6, 6.07) is 0.789. The molecular formula is C9H7N5O5. The first kappa shape index (κ1) is 12.4. The molecule has 1 aliphatic rings. The fraction of sp³-hybridized carbons (Fsp3) is 0.111. The number of pyridine rings is 1. The Hall–Kier alpha value is -3.04. The Balaban J connectivity index is 2.47. The Morgan fingerprint density at radius 1 is 1.32 bits per heavy atom. The van der Waals surface area contributed by atoms with Gasteiger partial charge in [-0.3, -0.25) is 30.4 Å². The van der Waals surface area contributed by atoms with Crippen molar-refractivity contribution in [3.8, 4) is 0 Å². The summed E-state index contributed by atoms with van der Waals surface area (Å²) in [5.41, 5.74) is 1.28. The summed E-state index contributed by atoms with van der Waals surface area (Å²) in [6.45, 7) is 0. The molecule has 98 valence electrons. The van der Waals surface area contributed by atoms with Crippen LogP contribution in [0.4, 0.5) is 17.2 Å². The van der Waals surface area contributed by atoms with E-state index in [2.05, 4.69) is 10.4 Å². The lowest BCUT2D eigenvalue weighted by atomic mass is 10.3. The van der Waals surface area contributed by atoms with E-state index in [1.165, 1.54) is 12.3 Å². The normalized spacial score (nSPS) is 14.1. The third-order valence-electron chi connectivity index (χ3n) is 2.27. The largest absolute Gasteiger partial charge is 0.320 e. The van der Waals surface area contributed by atoms with E-state index in [4.69, 9.17) is 0 Å². The molecule has 2 heterocycles. The van der Waals surface area contributed by atoms with Gasteiger partial charge in [0.15, 0.2) is 0 Å². The lowest BCUT2D eigenvalue weighted by Gasteiger charge is -2.22. The van der Waals surface area contributed by atoms with Crippen LogP contribution in [0.2, 0.25) is 0 Å². The molecule has 0 spiro atoms. The SMILES string of the molecule is O=C1CC=CN(c2ncc([N+](=O)[O-])cc2[N+](=O)[O-])N1. The molecule has 1 aromatic rings. The molecule has 0 aromatic carbocycles. The van der Waals surface area contributed by atoms with Crippen molar-refractivity contribution in [1.29, 1.82) is 0 Å². The predicted molar refractivity (Wildman–Crippen MR) is 61.9 cm³/mol. The number of hydrogen-bond donors (Lipinski definition) is 1. The van der Waals surface area contributed by atoms with Crippen molar-refractivity contribution in [3.63, 3.8) is 0 Å². The number of carbonyl (C=O) groups is 1. The monoisotopic (exact) mass is 265 g/mol. The highest BCUT2D eigenvalue weighted by Crippen LogP contribution is 2.29. The second kappa shape index (κ2) is 4.68. The van der Waals surface area contributed by atoms with Crippen molar-refractivity contribution in [2.24, 2.45) is 0 Å². The predicted octanol–water partition coefficient (Wildman–Crippen LogP) is 0.653. The van der Waals surface area contributed by atoms with Crippen LogP contribution in [0.5, 0.6) is 0 Å². The number of anilines is 1. The molecule has 10 heteroatoms. The molecule has 0 saturated heterocycles. The highest BCUT2D eigenvalue weighted by molar-refractivity contribution is 5.82. The molecule has 0 unspecified atom stereocenters. The highest BCUT2D eigenvalue weighted by Gasteiger charge is 2.26. The van der Waals surface area contributed by atoms with Crippen molar-refractivity contribution in [2.45, 2.75) is 6.42 Å². The van der Waals surface area contributed by atoms with Gasteiger partial charge in [-0.15, -0.1) is 0 Å². The minimum absolute atomic E-state index is 0.150. The fourth-order valence-electron chi connectivity index (χ4n) is 1.46. The Morgan fingerprint density at radius 3 is 2.63 bits per heavy atom. The molecular weight excluding hydrogens is 258 g/mol. The zero-order valence-electron chi connectivity index (χ0n) is 9.35. The maximum Gasteiger partial charge on any atom is 0.320 e. The zero-order chi connectivity index (χ0) is 14.0. The molecule has 0 saturated carbocycles. The molecule has 0 fully saturated rings. The Labute approximate surface area is 105 Å². The number of nitrogens with one attached hydrogen (secondary N) is 1. The van der Waals surface area contributed by atoms with Gasteiger partial charge in [-0.05, 0) is 0 Å². The number of hydrazine groups is 1. The van der Waals surface area contributed by atoms with Crippen molar-refractivity contribution in [1.82, 2.24) is 10.4 Å². The first-order valence-corrected chi connectivity index (χ1v) is 5.03. The van der Waals surface area contributed by atoms with Crippen molar-refractivity contribution in [2.75, 3.05) is 5.01 Å². The summed E-state index contributed by atoms with van der Waals surface area (Å²) in [5, 5.41) is 22.5. The van der Waals surface area contributed by atoms with Crippen molar-refractivity contribution >= 4 is 23.1 Å². The molecule has 0 aliphatic carbocycles. The number of aromatic nitrogens is 1. The number of rotatable bonds is 3. The Kier molecular flexibility index (Phi) is 3.06. The van der Waals surface area contributed by atoms with Gasteiger partial charge in [0.2, 0.25) is 11.7 Å². The quantitative estimate of drug-likeness (QED) is 0.626. The molecule has 19 heavy (non-hydrogen) atoms. The average Bonchev–Trinajstić information content (AvgIpc) is 2.37. The standard InChI is InChI=1S/C9H7N5O5/c15-8-2-1-3-12(11-8)9-7(14(18)19)4-6(5-10-9)13(16)17/h1,3-5H,2H2,(H,11,15). The smallest absolute Gasteiger partial charge is 0.273 e. The van der Waals surface area contributed by atoms with Gasteiger partial charge in [0.25, 0.3) is 5.69 Å². The van der Waals surface area contributed by atoms with E-state index < -0.39 is 21.2 Å². The minimum Gasteiger partial charge on any atom is -0.273 e. The summed E-state index contributed by atoms with van der Waals surface area (Å²) in [5.74, 6) is -0.558. The Bertz CT molecular complexity index is 599. The van der Waals surface area contributed by atoms with Crippen LogP contribution in [0, 0.1) is 20.2 Å². The molecule has 1 N–H and O–H groups in total. The molecule has 1 aromatic heterocycles. The third kappa shape index (κ3) is 2.46. The van der Waals surface area contributed by atoms with Crippen LogP contribution in [0.15, 0.2) is 24.5 Å². The lowest BCUT2D eigenvalue weighted by Crippen LogP contribution is -2.41. The summed E-state index contributed by atoms with van der Waals surface area (Å²) in [4.78, 5) is 34.7. The van der Waals surface area contributed by atoms with Gasteiger partial charge in [0, 0.05) is 12.6 Å². The van der Waals surface area contributed by atoms with Gasteiger partial charge in [-0.1, -0.05) is 6.08 Å². The number of nitrogens with zero attached hydrogens (tertiary/aromatic N) is 4. The van der Waals surface area contributed by atoms with E-state index in [9.17, 15) is 25.0 Å². The fourth-order valence-corrected chi connectivity index (χ4v) is 1.46. The second-order valence-electron chi connectivity index (χ2n) is 3.54. The van der Waals surface area contributed by atoms with Gasteiger partial charge in [-0.25, -0.2) is 9.99 Å². The van der Waals surface area contributed by atoms with E-state index in [1.807, 2.05) is 0 Å². The van der Waals surface area contributed by atoms with Crippen LogP contribution in [0.1, 0.15) is 6.42 Å². The number of hydrogen-bond acceptors (Lipinski definition) is 7. The maximum atomic E-state index is 11.2. The second-order valence-corrected chi connectivity index (χ2v) is 3.54. The first-order valence-electron chi connectivity index (χ1n) is 5.03. The summed E-state index contributed by atoms with van der Waals surface area (Å²) >= 11 is 0. The Morgan fingerprint density at radius 2 is 2.05 bits per heavy atom. The van der Waals surface area contributed by atoms with Crippen LogP contribution >= 0.6 is 0 Å². The van der Waals surface area contributed by atoms with Crippen LogP contribution in [0.25, 0.3) is 0 Å². The van der Waals surface area contributed by atoms with E-state index in [0.717, 1.165) is 17.3 Å². The van der Waals surface area contributed by atoms with Gasteiger partial charge in [-0.2, -0.15) is 0 Å². The number of carbonyl (C=O) groups excluding carboxylic acids is 1. The van der Waals surface area contributed by atoms with Gasteiger partial charge >= 0.3 is 5.69 Å². The van der Waals surface area contributed by atoms with Gasteiger partial charge in [0.05, 0.1) is 15.9 Å². The van der Waals surface area contributed by atoms with Crippen LogP contribution < -0.4 is 10.4 Å². The van der Waals surface area contributed by atoms with Gasteiger partial charge < -0.3 is 0 Å². The lowest BCUT2D eigenvalue weighted by molar-refractivity contribution is -0.394. The van der Waals surface area contributed by atoms with Crippen LogP contribution in [0.3, 0.4) is 0 Å². The highest BCUT2D eigenvalue weighted by atomic mass is 16.6. The van der Waals surface area contributed by atoms with E-state index in [0.29, 0.717) is 0 Å². The topological polar surface area (TPSA) is 132 Å². The van der Waals surface area contributed by atoms with Crippen LogP contribution in [-0.2, 0) is 4.79 Å². The zero-order valence-corrected chi connectivity index (χ0v) is 9.35. The minimum atomic E-state index is -0.802.